The number of amides is 1. The largest absolute Gasteiger partial charge is 0.481 e. The molecular formula is C28H26Cl2F2N4O4. The Labute approximate surface area is 238 Å². The zero-order valence-corrected chi connectivity index (χ0v) is 22.8. The summed E-state index contributed by atoms with van der Waals surface area (Å²) in [5.74, 6) is -3.79. The standard InChI is InChI=1S/C28H26Cl2F2N4O4/c29-22-11-33-12-23(30)25(22)24(37)14-35(13-15-7-18(31)9-19(32)8-15)27(38)21-10-34-36(26(21)16-1-2-16)20-5-3-17(4-6-20)28(39)40/h7-12,16-17,20H,1-6,13-14H2,(H,39,40). The molecule has 1 N–H and O–H groups in total. The van der Waals surface area contributed by atoms with Crippen LogP contribution in [0, 0.1) is 17.6 Å². The number of hydrogen-bond donors (Lipinski definition) is 1. The maximum absolute atomic E-state index is 14.0. The van der Waals surface area contributed by atoms with E-state index in [0.717, 1.165) is 36.7 Å². The predicted molar refractivity (Wildman–Crippen MR) is 143 cm³/mol. The van der Waals surface area contributed by atoms with Gasteiger partial charge in [0.2, 0.25) is 0 Å². The first-order valence-corrected chi connectivity index (χ1v) is 13.7. The van der Waals surface area contributed by atoms with E-state index in [1.54, 1.807) is 0 Å². The first-order valence-electron chi connectivity index (χ1n) is 13.0. The molecule has 2 aliphatic carbocycles. The van der Waals surface area contributed by atoms with Crippen molar-refractivity contribution >= 4 is 40.9 Å². The maximum atomic E-state index is 14.0. The van der Waals surface area contributed by atoms with E-state index in [0.29, 0.717) is 31.2 Å². The molecule has 12 heteroatoms. The highest BCUT2D eigenvalue weighted by Crippen LogP contribution is 2.44. The summed E-state index contributed by atoms with van der Waals surface area (Å²) in [5, 5.41) is 13.9. The number of aliphatic carboxylic acids is 1. The molecule has 0 aliphatic heterocycles. The molecule has 1 amide bonds. The van der Waals surface area contributed by atoms with Crippen LogP contribution in [0.5, 0.6) is 0 Å². The number of nitrogens with zero attached hydrogens (tertiary/aromatic N) is 4. The highest BCUT2D eigenvalue weighted by molar-refractivity contribution is 6.39. The molecule has 0 atom stereocenters. The van der Waals surface area contributed by atoms with Crippen LogP contribution in [-0.4, -0.2) is 49.0 Å². The number of carbonyl (C=O) groups is 3. The van der Waals surface area contributed by atoms with Gasteiger partial charge in [0, 0.05) is 30.9 Å². The van der Waals surface area contributed by atoms with Crippen LogP contribution in [0.1, 0.15) is 82.5 Å². The molecule has 0 radical (unpaired) electrons. The van der Waals surface area contributed by atoms with Gasteiger partial charge in [-0.2, -0.15) is 5.10 Å². The number of rotatable bonds is 9. The Morgan fingerprint density at radius 2 is 1.57 bits per heavy atom. The Morgan fingerprint density at radius 1 is 0.950 bits per heavy atom. The van der Waals surface area contributed by atoms with Gasteiger partial charge in [-0.25, -0.2) is 8.78 Å². The number of benzene rings is 1. The molecule has 8 nitrogen and oxygen atoms in total. The first kappa shape index (κ1) is 28.2. The number of aromatic nitrogens is 3. The molecule has 0 bridgehead atoms. The number of halogens is 4. The third-order valence-corrected chi connectivity index (χ3v) is 8.04. The second-order valence-corrected chi connectivity index (χ2v) is 11.2. The highest BCUT2D eigenvalue weighted by atomic mass is 35.5. The van der Waals surface area contributed by atoms with Crippen molar-refractivity contribution < 1.29 is 28.3 Å². The lowest BCUT2D eigenvalue weighted by molar-refractivity contribution is -0.143. The summed E-state index contributed by atoms with van der Waals surface area (Å²) in [5.41, 5.74) is 1.21. The summed E-state index contributed by atoms with van der Waals surface area (Å²) in [6.07, 6.45) is 8.02. The quantitative estimate of drug-likeness (QED) is 0.303. The molecule has 3 aromatic rings. The molecule has 0 saturated heterocycles. The van der Waals surface area contributed by atoms with Gasteiger partial charge in [-0.1, -0.05) is 23.2 Å². The van der Waals surface area contributed by atoms with Crippen molar-refractivity contribution in [1.29, 1.82) is 0 Å². The molecule has 1 aromatic carbocycles. The van der Waals surface area contributed by atoms with Crippen LogP contribution in [0.15, 0.2) is 36.8 Å². The van der Waals surface area contributed by atoms with Crippen LogP contribution in [0.2, 0.25) is 10.0 Å². The Morgan fingerprint density at radius 3 is 2.15 bits per heavy atom. The number of carbonyl (C=O) groups excluding carboxylic acids is 2. The summed E-state index contributed by atoms with van der Waals surface area (Å²) in [6.45, 7) is -0.710. The van der Waals surface area contributed by atoms with Crippen LogP contribution in [0.3, 0.4) is 0 Å². The van der Waals surface area contributed by atoms with Gasteiger partial charge in [0.1, 0.15) is 11.6 Å². The average molecular weight is 591 g/mol. The molecule has 2 heterocycles. The minimum absolute atomic E-state index is 0.00476. The molecule has 40 heavy (non-hydrogen) atoms. The third kappa shape index (κ3) is 6.02. The van der Waals surface area contributed by atoms with Crippen LogP contribution in [0.25, 0.3) is 0 Å². The fourth-order valence-electron chi connectivity index (χ4n) is 5.38. The van der Waals surface area contributed by atoms with E-state index in [1.165, 1.54) is 23.5 Å². The normalized spacial score (nSPS) is 18.9. The molecule has 2 aromatic heterocycles. The van der Waals surface area contributed by atoms with Gasteiger partial charge in [0.15, 0.2) is 5.78 Å². The van der Waals surface area contributed by atoms with E-state index in [9.17, 15) is 28.3 Å². The van der Waals surface area contributed by atoms with Gasteiger partial charge in [0.05, 0.1) is 51.6 Å². The molecule has 0 unspecified atom stereocenters. The highest BCUT2D eigenvalue weighted by Gasteiger charge is 2.37. The van der Waals surface area contributed by atoms with Crippen molar-refractivity contribution in [3.8, 4) is 0 Å². The summed E-state index contributed by atoms with van der Waals surface area (Å²) < 4.78 is 29.8. The number of pyridine rings is 1. The first-order chi connectivity index (χ1) is 19.1. The smallest absolute Gasteiger partial charge is 0.306 e. The lowest BCUT2D eigenvalue weighted by atomic mass is 9.86. The van der Waals surface area contributed by atoms with E-state index in [1.807, 2.05) is 4.68 Å². The van der Waals surface area contributed by atoms with E-state index in [-0.39, 0.29) is 39.7 Å². The number of carboxylic acids is 1. The summed E-state index contributed by atoms with van der Waals surface area (Å²) in [6, 6.07) is 2.89. The van der Waals surface area contributed by atoms with Crippen molar-refractivity contribution in [2.45, 2.75) is 57.0 Å². The average Bonchev–Trinajstić information content (AvgIpc) is 3.64. The van der Waals surface area contributed by atoms with Crippen molar-refractivity contribution in [3.05, 3.63) is 80.9 Å². The van der Waals surface area contributed by atoms with Crippen LogP contribution in [-0.2, 0) is 11.3 Å². The van der Waals surface area contributed by atoms with Crippen LogP contribution >= 0.6 is 23.2 Å². The van der Waals surface area contributed by atoms with E-state index in [2.05, 4.69) is 10.1 Å². The number of hydrogen-bond acceptors (Lipinski definition) is 5. The molecule has 2 aliphatic rings. The van der Waals surface area contributed by atoms with Gasteiger partial charge in [-0.15, -0.1) is 0 Å². The fraction of sp³-hybridized carbons (Fsp3) is 0.393. The Bertz CT molecular complexity index is 1430. The molecule has 0 spiro atoms. The third-order valence-electron chi connectivity index (χ3n) is 7.47. The molecule has 5 rings (SSSR count). The maximum Gasteiger partial charge on any atom is 0.306 e. The summed E-state index contributed by atoms with van der Waals surface area (Å²) in [7, 11) is 0. The van der Waals surface area contributed by atoms with Crippen molar-refractivity contribution in [3.63, 3.8) is 0 Å². The van der Waals surface area contributed by atoms with Crippen molar-refractivity contribution in [2.24, 2.45) is 5.92 Å². The SMILES string of the molecule is O=C(CN(Cc1cc(F)cc(F)c1)C(=O)c1cnn(C2CCC(C(=O)O)CC2)c1C1CC1)c1c(Cl)cncc1Cl. The minimum Gasteiger partial charge on any atom is -0.481 e. The molecule has 2 fully saturated rings. The molecule has 210 valence electrons. The lowest BCUT2D eigenvalue weighted by Crippen LogP contribution is -2.36. The molecular weight excluding hydrogens is 565 g/mol. The van der Waals surface area contributed by atoms with Crippen molar-refractivity contribution in [2.75, 3.05) is 6.54 Å². The van der Waals surface area contributed by atoms with Gasteiger partial charge in [-0.3, -0.25) is 24.0 Å². The van der Waals surface area contributed by atoms with E-state index in [4.69, 9.17) is 23.2 Å². The number of ketones is 1. The Kier molecular flexibility index (Phi) is 8.19. The van der Waals surface area contributed by atoms with Crippen LogP contribution < -0.4 is 0 Å². The topological polar surface area (TPSA) is 105 Å². The van der Waals surface area contributed by atoms with Gasteiger partial charge >= 0.3 is 5.97 Å². The second kappa shape index (κ2) is 11.6. The van der Waals surface area contributed by atoms with Crippen molar-refractivity contribution in [1.82, 2.24) is 19.7 Å². The zero-order chi connectivity index (χ0) is 28.6. The number of Topliss-reactive ketones (excluding diaryl/α,β-unsaturated/α-hetero) is 1. The van der Waals surface area contributed by atoms with E-state index < -0.39 is 41.8 Å². The zero-order valence-electron chi connectivity index (χ0n) is 21.3. The Balaban J connectivity index is 1.47. The Hall–Kier alpha value is -3.37. The number of carboxylic acid groups (broad SMARTS) is 1. The van der Waals surface area contributed by atoms with E-state index >= 15 is 0 Å². The summed E-state index contributed by atoms with van der Waals surface area (Å²) >= 11 is 12.4. The van der Waals surface area contributed by atoms with Gasteiger partial charge in [0.25, 0.3) is 5.91 Å². The van der Waals surface area contributed by atoms with Gasteiger partial charge < -0.3 is 10.0 Å². The minimum atomic E-state index is -0.808. The predicted octanol–water partition coefficient (Wildman–Crippen LogP) is 6.08. The van der Waals surface area contributed by atoms with Crippen LogP contribution in [0.4, 0.5) is 8.78 Å². The van der Waals surface area contributed by atoms with Gasteiger partial charge in [-0.05, 0) is 56.2 Å². The second-order valence-electron chi connectivity index (χ2n) is 10.3. The lowest BCUT2D eigenvalue weighted by Gasteiger charge is -2.28. The summed E-state index contributed by atoms with van der Waals surface area (Å²) in [4.78, 5) is 43.8. The monoisotopic (exact) mass is 590 g/mol. The molecule has 2 saturated carbocycles. The fourth-order valence-corrected chi connectivity index (χ4v) is 5.96.